The molecule has 0 spiro atoms. The molecule has 0 aliphatic rings. The average molecular weight is 873 g/mol. The molecule has 6 nitrogen and oxygen atoms in total. The number of carbonyl (C=O) groups excluding carboxylic acids is 3. The molecule has 1 atom stereocenters. The minimum absolute atomic E-state index is 0.114. The standard InChI is InChI=1S/C57H92O6/c1-4-7-10-13-16-19-22-25-27-28-29-30-33-35-38-41-44-47-50-56(59)62-53-54(52-61-55(58)49-46-43-40-37-34-31-24-21-18-15-12-9-6-3)63-57(60)51-48-45-42-39-36-32-26-23-20-17-14-11-8-5-2/h8,10-11,13,16-17,19-20,22,25,27-31,34,40,43,54H,4-7,9,12,14-15,18,21,23-24,26,32-33,35-39,41-42,44-53H2,1-3H3/b11-8+,13-10+,19-16+,20-17+,25-22+,28-27+,30-29+,34-31+,43-40+. The van der Waals surface area contributed by atoms with Crippen LogP contribution in [0.5, 0.6) is 0 Å². The van der Waals surface area contributed by atoms with Crippen LogP contribution in [0.15, 0.2) is 109 Å². The smallest absolute Gasteiger partial charge is 0.306 e. The molecule has 0 rings (SSSR count). The van der Waals surface area contributed by atoms with E-state index in [1.165, 1.54) is 70.6 Å². The molecule has 63 heavy (non-hydrogen) atoms. The van der Waals surface area contributed by atoms with E-state index < -0.39 is 6.10 Å². The highest BCUT2D eigenvalue weighted by molar-refractivity contribution is 5.71. The maximum atomic E-state index is 12.8. The molecule has 0 fully saturated rings. The normalized spacial score (nSPS) is 13.0. The SMILES string of the molecule is CC/C=C/C/C=C/CCCCCCCCCC(=O)OC(COC(=O)CC/C=C/C/C=C/CCCCCCCC)COC(=O)CCCCCCC/C=C/C=C/C=C/C=C/C=C/CCC. The van der Waals surface area contributed by atoms with Crippen molar-refractivity contribution >= 4 is 17.9 Å². The van der Waals surface area contributed by atoms with Gasteiger partial charge in [-0.2, -0.15) is 0 Å². The van der Waals surface area contributed by atoms with Gasteiger partial charge in [-0.25, -0.2) is 0 Å². The summed E-state index contributed by atoms with van der Waals surface area (Å²) in [6.45, 7) is 6.34. The Balaban J connectivity index is 4.52. The summed E-state index contributed by atoms with van der Waals surface area (Å²) in [5.74, 6) is -1.02. The zero-order chi connectivity index (χ0) is 45.8. The van der Waals surface area contributed by atoms with E-state index in [1.807, 2.05) is 42.5 Å². The number of carbonyl (C=O) groups is 3. The lowest BCUT2D eigenvalue weighted by Crippen LogP contribution is -2.30. The average Bonchev–Trinajstić information content (AvgIpc) is 3.28. The first-order valence-electron chi connectivity index (χ1n) is 25.5. The molecule has 0 radical (unpaired) electrons. The van der Waals surface area contributed by atoms with Crippen molar-refractivity contribution in [3.8, 4) is 0 Å². The van der Waals surface area contributed by atoms with Crippen molar-refractivity contribution in [2.45, 2.75) is 219 Å². The summed E-state index contributed by atoms with van der Waals surface area (Å²) in [5, 5.41) is 0. The number of allylic oxidation sites excluding steroid dienone is 18. The van der Waals surface area contributed by atoms with Gasteiger partial charge in [0.1, 0.15) is 13.2 Å². The molecular weight excluding hydrogens is 781 g/mol. The molecule has 0 saturated heterocycles. The van der Waals surface area contributed by atoms with Gasteiger partial charge in [0, 0.05) is 19.3 Å². The predicted octanol–water partition coefficient (Wildman–Crippen LogP) is 16.8. The number of hydrogen-bond donors (Lipinski definition) is 0. The molecule has 0 aromatic carbocycles. The summed E-state index contributed by atoms with van der Waals surface area (Å²) in [7, 11) is 0. The summed E-state index contributed by atoms with van der Waals surface area (Å²) in [6, 6.07) is 0. The summed E-state index contributed by atoms with van der Waals surface area (Å²) in [4.78, 5) is 37.9. The second kappa shape index (κ2) is 50.7. The van der Waals surface area contributed by atoms with Crippen molar-refractivity contribution in [3.63, 3.8) is 0 Å². The van der Waals surface area contributed by atoms with Gasteiger partial charge in [-0.3, -0.25) is 14.4 Å². The first kappa shape index (κ1) is 59.1. The highest BCUT2D eigenvalue weighted by Crippen LogP contribution is 2.13. The lowest BCUT2D eigenvalue weighted by atomic mass is 10.1. The fourth-order valence-electron chi connectivity index (χ4n) is 6.56. The van der Waals surface area contributed by atoms with E-state index in [-0.39, 0.29) is 37.5 Å². The van der Waals surface area contributed by atoms with Crippen LogP contribution in [0.3, 0.4) is 0 Å². The van der Waals surface area contributed by atoms with E-state index in [9.17, 15) is 14.4 Å². The molecule has 0 aromatic heterocycles. The minimum Gasteiger partial charge on any atom is -0.462 e. The van der Waals surface area contributed by atoms with E-state index in [1.54, 1.807) is 0 Å². The van der Waals surface area contributed by atoms with E-state index in [0.717, 1.165) is 96.3 Å². The topological polar surface area (TPSA) is 78.9 Å². The zero-order valence-electron chi connectivity index (χ0n) is 40.5. The van der Waals surface area contributed by atoms with Gasteiger partial charge in [0.05, 0.1) is 0 Å². The van der Waals surface area contributed by atoms with Crippen molar-refractivity contribution in [2.24, 2.45) is 0 Å². The number of hydrogen-bond acceptors (Lipinski definition) is 6. The number of ether oxygens (including phenoxy) is 3. The Bertz CT molecular complexity index is 1330. The largest absolute Gasteiger partial charge is 0.462 e. The number of rotatable bonds is 44. The molecule has 6 heteroatoms. The molecule has 0 N–H and O–H groups in total. The molecule has 1 unspecified atom stereocenters. The van der Waals surface area contributed by atoms with Gasteiger partial charge in [-0.1, -0.05) is 220 Å². The Labute approximate surface area is 387 Å². The number of esters is 3. The van der Waals surface area contributed by atoms with Gasteiger partial charge in [0.25, 0.3) is 0 Å². The Morgan fingerprint density at radius 3 is 1.25 bits per heavy atom. The monoisotopic (exact) mass is 873 g/mol. The summed E-state index contributed by atoms with van der Waals surface area (Å²) in [6.07, 6.45) is 67.9. The van der Waals surface area contributed by atoms with E-state index in [0.29, 0.717) is 19.3 Å². The lowest BCUT2D eigenvalue weighted by molar-refractivity contribution is -0.166. The van der Waals surface area contributed by atoms with E-state index in [2.05, 4.69) is 87.6 Å². The second-order valence-corrected chi connectivity index (χ2v) is 16.5. The van der Waals surface area contributed by atoms with E-state index >= 15 is 0 Å². The van der Waals surface area contributed by atoms with Crippen molar-refractivity contribution in [3.05, 3.63) is 109 Å². The van der Waals surface area contributed by atoms with Gasteiger partial charge >= 0.3 is 17.9 Å². The summed E-state index contributed by atoms with van der Waals surface area (Å²) >= 11 is 0. The third kappa shape index (κ3) is 49.0. The summed E-state index contributed by atoms with van der Waals surface area (Å²) in [5.41, 5.74) is 0. The van der Waals surface area contributed by atoms with Crippen LogP contribution in [0.25, 0.3) is 0 Å². The van der Waals surface area contributed by atoms with Crippen LogP contribution in [-0.4, -0.2) is 37.2 Å². The fraction of sp³-hybridized carbons (Fsp3) is 0.632. The third-order valence-electron chi connectivity index (χ3n) is 10.4. The molecule has 0 aromatic rings. The maximum Gasteiger partial charge on any atom is 0.306 e. The van der Waals surface area contributed by atoms with E-state index in [4.69, 9.17) is 14.2 Å². The van der Waals surface area contributed by atoms with Crippen molar-refractivity contribution in [1.29, 1.82) is 0 Å². The fourth-order valence-corrected chi connectivity index (χ4v) is 6.56. The van der Waals surface area contributed by atoms with Crippen molar-refractivity contribution in [1.82, 2.24) is 0 Å². The third-order valence-corrected chi connectivity index (χ3v) is 10.4. The van der Waals surface area contributed by atoms with Crippen LogP contribution >= 0.6 is 0 Å². The Kier molecular flexibility index (Phi) is 47.5. The quantitative estimate of drug-likeness (QED) is 0.0199. The van der Waals surface area contributed by atoms with Gasteiger partial charge in [-0.05, 0) is 83.5 Å². The molecule has 0 heterocycles. The molecule has 0 bridgehead atoms. The number of unbranched alkanes of at least 4 members (excludes halogenated alkanes) is 19. The first-order chi connectivity index (χ1) is 31.0. The highest BCUT2D eigenvalue weighted by atomic mass is 16.6. The Morgan fingerprint density at radius 1 is 0.349 bits per heavy atom. The highest BCUT2D eigenvalue weighted by Gasteiger charge is 2.19. The molecule has 0 amide bonds. The minimum atomic E-state index is -0.817. The van der Waals surface area contributed by atoms with Crippen LogP contribution in [0.2, 0.25) is 0 Å². The van der Waals surface area contributed by atoms with Gasteiger partial charge in [-0.15, -0.1) is 0 Å². The Morgan fingerprint density at radius 2 is 0.746 bits per heavy atom. The molecule has 0 aliphatic heterocycles. The van der Waals surface area contributed by atoms with Crippen molar-refractivity contribution < 1.29 is 28.6 Å². The Hall–Kier alpha value is -3.93. The zero-order valence-corrected chi connectivity index (χ0v) is 40.5. The van der Waals surface area contributed by atoms with Gasteiger partial charge < -0.3 is 14.2 Å². The van der Waals surface area contributed by atoms with Crippen LogP contribution in [0.1, 0.15) is 213 Å². The molecule has 356 valence electrons. The van der Waals surface area contributed by atoms with Gasteiger partial charge in [0.2, 0.25) is 0 Å². The van der Waals surface area contributed by atoms with Gasteiger partial charge in [0.15, 0.2) is 6.10 Å². The molecule has 0 saturated carbocycles. The second-order valence-electron chi connectivity index (χ2n) is 16.5. The van der Waals surface area contributed by atoms with Crippen LogP contribution in [0.4, 0.5) is 0 Å². The van der Waals surface area contributed by atoms with Crippen LogP contribution in [-0.2, 0) is 28.6 Å². The van der Waals surface area contributed by atoms with Crippen LogP contribution in [0, 0.1) is 0 Å². The lowest BCUT2D eigenvalue weighted by Gasteiger charge is -2.18. The van der Waals surface area contributed by atoms with Crippen molar-refractivity contribution in [2.75, 3.05) is 13.2 Å². The van der Waals surface area contributed by atoms with Crippen LogP contribution < -0.4 is 0 Å². The maximum absolute atomic E-state index is 12.8. The molecule has 0 aliphatic carbocycles. The predicted molar refractivity (Wildman–Crippen MR) is 270 cm³/mol. The molecular formula is C57H92O6. The first-order valence-corrected chi connectivity index (χ1v) is 25.5. The summed E-state index contributed by atoms with van der Waals surface area (Å²) < 4.78 is 16.7.